The van der Waals surface area contributed by atoms with Crippen molar-refractivity contribution in [2.24, 2.45) is 0 Å². The fraction of sp³-hybridized carbons (Fsp3) is 0.200. The van der Waals surface area contributed by atoms with Gasteiger partial charge in [0, 0.05) is 30.3 Å². The minimum atomic E-state index is -0.843. The number of ether oxygens (including phenoxy) is 2. The molecule has 3 aromatic rings. The molecule has 3 rings (SSSR count). The number of aromatic nitrogens is 2. The van der Waals surface area contributed by atoms with Crippen LogP contribution in [0.4, 0.5) is 0 Å². The smallest absolute Gasteiger partial charge is 0.328 e. The van der Waals surface area contributed by atoms with Crippen molar-refractivity contribution in [3.63, 3.8) is 0 Å². The molecule has 0 saturated carbocycles. The monoisotopic (exact) mass is 365 g/mol. The zero-order valence-corrected chi connectivity index (χ0v) is 15.0. The lowest BCUT2D eigenvalue weighted by Crippen LogP contribution is -2.43. The van der Waals surface area contributed by atoms with Gasteiger partial charge in [0.1, 0.15) is 6.04 Å². The van der Waals surface area contributed by atoms with Crippen LogP contribution >= 0.6 is 0 Å². The van der Waals surface area contributed by atoms with E-state index in [0.717, 1.165) is 5.56 Å². The van der Waals surface area contributed by atoms with Crippen molar-refractivity contribution < 1.29 is 19.1 Å². The minimum Gasteiger partial charge on any atom is -0.481 e. The summed E-state index contributed by atoms with van der Waals surface area (Å²) < 4.78 is 9.87. The van der Waals surface area contributed by atoms with Gasteiger partial charge in [-0.3, -0.25) is 9.78 Å². The van der Waals surface area contributed by atoms with Crippen molar-refractivity contribution in [2.45, 2.75) is 12.5 Å². The maximum Gasteiger partial charge on any atom is 0.328 e. The molecule has 0 fully saturated rings. The Balaban J connectivity index is 1.83. The SMILES string of the molecule is COC(=O)[C@@H](Cc1ccc(OC)nc1)NC(=O)c1ccnc2ccccc12. The number of rotatable bonds is 6. The van der Waals surface area contributed by atoms with Gasteiger partial charge >= 0.3 is 5.97 Å². The van der Waals surface area contributed by atoms with E-state index in [1.54, 1.807) is 30.6 Å². The van der Waals surface area contributed by atoms with Gasteiger partial charge in [-0.05, 0) is 17.7 Å². The van der Waals surface area contributed by atoms with Crippen molar-refractivity contribution in [3.05, 3.63) is 66.0 Å². The van der Waals surface area contributed by atoms with Crippen molar-refractivity contribution in [3.8, 4) is 5.88 Å². The van der Waals surface area contributed by atoms with Crippen molar-refractivity contribution >= 4 is 22.8 Å². The maximum absolute atomic E-state index is 12.8. The van der Waals surface area contributed by atoms with E-state index in [2.05, 4.69) is 15.3 Å². The van der Waals surface area contributed by atoms with E-state index in [1.165, 1.54) is 14.2 Å². The number of pyridine rings is 2. The Hall–Kier alpha value is -3.48. The number of fused-ring (bicyclic) bond motifs is 1. The van der Waals surface area contributed by atoms with Gasteiger partial charge in [0.05, 0.1) is 25.3 Å². The van der Waals surface area contributed by atoms with Crippen LogP contribution in [0.1, 0.15) is 15.9 Å². The van der Waals surface area contributed by atoms with Gasteiger partial charge in [0.2, 0.25) is 5.88 Å². The number of nitrogens with zero attached hydrogens (tertiary/aromatic N) is 2. The first-order valence-corrected chi connectivity index (χ1v) is 8.33. The van der Waals surface area contributed by atoms with Crippen LogP contribution < -0.4 is 10.1 Å². The molecule has 1 aromatic carbocycles. The highest BCUT2D eigenvalue weighted by Crippen LogP contribution is 2.17. The van der Waals surface area contributed by atoms with E-state index in [4.69, 9.17) is 9.47 Å². The summed E-state index contributed by atoms with van der Waals surface area (Å²) in [5.74, 6) is -0.427. The zero-order valence-electron chi connectivity index (χ0n) is 15.0. The molecular weight excluding hydrogens is 346 g/mol. The molecule has 1 amide bonds. The minimum absolute atomic E-state index is 0.248. The highest BCUT2D eigenvalue weighted by Gasteiger charge is 2.23. The third-order valence-corrected chi connectivity index (χ3v) is 4.13. The van der Waals surface area contributed by atoms with Crippen LogP contribution in [0.2, 0.25) is 0 Å². The van der Waals surface area contributed by atoms with Crippen LogP contribution in [-0.4, -0.2) is 42.1 Å². The van der Waals surface area contributed by atoms with Crippen LogP contribution in [0.15, 0.2) is 54.9 Å². The maximum atomic E-state index is 12.8. The van der Waals surface area contributed by atoms with E-state index in [-0.39, 0.29) is 12.3 Å². The second-order valence-corrected chi connectivity index (χ2v) is 5.84. The lowest BCUT2D eigenvalue weighted by Gasteiger charge is -2.17. The van der Waals surface area contributed by atoms with Gasteiger partial charge < -0.3 is 14.8 Å². The van der Waals surface area contributed by atoms with E-state index < -0.39 is 12.0 Å². The summed E-state index contributed by atoms with van der Waals surface area (Å²) in [7, 11) is 2.81. The molecule has 0 aliphatic heterocycles. The van der Waals surface area contributed by atoms with Crippen LogP contribution in [0, 0.1) is 0 Å². The molecule has 27 heavy (non-hydrogen) atoms. The number of carbonyl (C=O) groups is 2. The molecule has 7 heteroatoms. The standard InChI is InChI=1S/C20H19N3O4/c1-26-18-8-7-13(12-22-18)11-17(20(25)27-2)23-19(24)15-9-10-21-16-6-4-3-5-14(15)16/h3-10,12,17H,11H2,1-2H3,(H,23,24)/t17-/m1/s1. The average Bonchev–Trinajstić information content (AvgIpc) is 2.72. The first kappa shape index (κ1) is 18.3. The number of amides is 1. The molecule has 0 radical (unpaired) electrons. The second-order valence-electron chi connectivity index (χ2n) is 5.84. The molecule has 0 spiro atoms. The van der Waals surface area contributed by atoms with Gasteiger partial charge in [-0.1, -0.05) is 24.3 Å². The Bertz CT molecular complexity index is 952. The molecule has 1 N–H and O–H groups in total. The quantitative estimate of drug-likeness (QED) is 0.673. The summed E-state index contributed by atoms with van der Waals surface area (Å²) in [6.45, 7) is 0. The summed E-state index contributed by atoms with van der Waals surface area (Å²) in [5.41, 5.74) is 1.92. The largest absolute Gasteiger partial charge is 0.481 e. The number of hydrogen-bond donors (Lipinski definition) is 1. The van der Waals surface area contributed by atoms with Crippen molar-refractivity contribution in [2.75, 3.05) is 14.2 Å². The highest BCUT2D eigenvalue weighted by molar-refractivity contribution is 6.07. The second kappa shape index (κ2) is 8.27. The fourth-order valence-electron chi connectivity index (χ4n) is 2.75. The van der Waals surface area contributed by atoms with Gasteiger partial charge in [-0.2, -0.15) is 0 Å². The number of nitrogens with one attached hydrogen (secondary N) is 1. The predicted molar refractivity (Wildman–Crippen MR) is 99.5 cm³/mol. The summed E-state index contributed by atoms with van der Waals surface area (Å²) in [6, 6.07) is 11.6. The summed E-state index contributed by atoms with van der Waals surface area (Å²) in [6.07, 6.45) is 3.42. The van der Waals surface area contributed by atoms with E-state index in [1.807, 2.05) is 24.3 Å². The summed E-state index contributed by atoms with van der Waals surface area (Å²) in [5, 5.41) is 3.47. The van der Waals surface area contributed by atoms with Gasteiger partial charge in [0.25, 0.3) is 5.91 Å². The highest BCUT2D eigenvalue weighted by atomic mass is 16.5. The number of methoxy groups -OCH3 is 2. The number of para-hydroxylation sites is 1. The number of carbonyl (C=O) groups excluding carboxylic acids is 2. The Labute approximate surface area is 156 Å². The van der Waals surface area contributed by atoms with Crippen LogP contribution in [0.25, 0.3) is 10.9 Å². The van der Waals surface area contributed by atoms with E-state index in [9.17, 15) is 9.59 Å². The van der Waals surface area contributed by atoms with E-state index in [0.29, 0.717) is 22.3 Å². The lowest BCUT2D eigenvalue weighted by atomic mass is 10.1. The Morgan fingerprint density at radius 1 is 1.07 bits per heavy atom. The first-order chi connectivity index (χ1) is 13.1. The molecular formula is C20H19N3O4. The normalized spacial score (nSPS) is 11.6. The molecule has 2 heterocycles. The van der Waals surface area contributed by atoms with Gasteiger partial charge in [-0.25, -0.2) is 9.78 Å². The number of benzene rings is 1. The molecule has 0 bridgehead atoms. The number of hydrogen-bond acceptors (Lipinski definition) is 6. The summed E-state index contributed by atoms with van der Waals surface area (Å²) >= 11 is 0. The first-order valence-electron chi connectivity index (χ1n) is 8.33. The molecule has 0 unspecified atom stereocenters. The Kier molecular flexibility index (Phi) is 5.61. The Morgan fingerprint density at radius 2 is 1.89 bits per heavy atom. The topological polar surface area (TPSA) is 90.4 Å². The van der Waals surface area contributed by atoms with Crippen molar-refractivity contribution in [1.29, 1.82) is 0 Å². The van der Waals surface area contributed by atoms with Crippen molar-refractivity contribution in [1.82, 2.24) is 15.3 Å². The van der Waals surface area contributed by atoms with Crippen LogP contribution in [-0.2, 0) is 16.0 Å². The molecule has 0 aliphatic rings. The molecule has 0 saturated heterocycles. The predicted octanol–water partition coefficient (Wildman–Crippen LogP) is 2.15. The molecule has 7 nitrogen and oxygen atoms in total. The third kappa shape index (κ3) is 4.20. The zero-order chi connectivity index (χ0) is 19.2. The fourth-order valence-corrected chi connectivity index (χ4v) is 2.75. The molecule has 1 atom stereocenters. The van der Waals surface area contributed by atoms with Crippen LogP contribution in [0.5, 0.6) is 5.88 Å². The third-order valence-electron chi connectivity index (χ3n) is 4.13. The lowest BCUT2D eigenvalue weighted by molar-refractivity contribution is -0.142. The molecule has 0 aliphatic carbocycles. The van der Waals surface area contributed by atoms with E-state index >= 15 is 0 Å². The molecule has 2 aromatic heterocycles. The summed E-state index contributed by atoms with van der Waals surface area (Å²) in [4.78, 5) is 33.3. The average molecular weight is 365 g/mol. The van der Waals surface area contributed by atoms with Crippen LogP contribution in [0.3, 0.4) is 0 Å². The number of esters is 1. The molecule has 138 valence electrons. The Morgan fingerprint density at radius 3 is 2.59 bits per heavy atom. The van der Waals surface area contributed by atoms with Gasteiger partial charge in [0.15, 0.2) is 0 Å². The van der Waals surface area contributed by atoms with Gasteiger partial charge in [-0.15, -0.1) is 0 Å².